The van der Waals surface area contributed by atoms with E-state index < -0.39 is 18.2 Å². The van der Waals surface area contributed by atoms with Gasteiger partial charge in [0, 0.05) is 56.0 Å². The fourth-order valence-corrected chi connectivity index (χ4v) is 9.00. The van der Waals surface area contributed by atoms with E-state index in [4.69, 9.17) is 4.74 Å². The number of hydrogen-bond donors (Lipinski definition) is 3. The number of hydrogen-bond acceptors (Lipinski definition) is 8. The van der Waals surface area contributed by atoms with Gasteiger partial charge in [-0.3, -0.25) is 29.5 Å². The summed E-state index contributed by atoms with van der Waals surface area (Å²) in [7, 11) is 0. The number of phenolic OH excluding ortho intramolecular Hbond substituents is 1. The molecule has 1 saturated carbocycles. The topological polar surface area (TPSA) is 123 Å². The van der Waals surface area contributed by atoms with Gasteiger partial charge < -0.3 is 19.8 Å². The fourth-order valence-electron chi connectivity index (χ4n) is 9.00. The first-order valence-corrected chi connectivity index (χ1v) is 20.1. The number of rotatable bonds is 10. The largest absolute Gasteiger partial charge is 0.508 e. The Kier molecular flexibility index (Phi) is 10.9. The highest BCUT2D eigenvalue weighted by Crippen LogP contribution is 2.39. The van der Waals surface area contributed by atoms with Gasteiger partial charge in [-0.1, -0.05) is 61.5 Å². The number of anilines is 1. The van der Waals surface area contributed by atoms with E-state index in [2.05, 4.69) is 70.6 Å². The maximum atomic E-state index is 13.2. The van der Waals surface area contributed by atoms with Gasteiger partial charge in [0.2, 0.25) is 11.8 Å². The highest BCUT2D eigenvalue weighted by molar-refractivity contribution is 6.06. The maximum absolute atomic E-state index is 13.2. The van der Waals surface area contributed by atoms with Crippen LogP contribution in [-0.2, 0) is 9.59 Å². The van der Waals surface area contributed by atoms with Crippen LogP contribution in [0.1, 0.15) is 90.7 Å². The van der Waals surface area contributed by atoms with Crippen molar-refractivity contribution < 1.29 is 29.3 Å². The van der Waals surface area contributed by atoms with E-state index >= 15 is 0 Å². The van der Waals surface area contributed by atoms with E-state index in [0.29, 0.717) is 17.0 Å². The highest BCUT2D eigenvalue weighted by Gasteiger charge is 2.44. The molecule has 290 valence electrons. The Morgan fingerprint density at radius 2 is 1.46 bits per heavy atom. The molecule has 3 N–H and O–H groups in total. The van der Waals surface area contributed by atoms with Gasteiger partial charge in [0.25, 0.3) is 5.91 Å². The van der Waals surface area contributed by atoms with Crippen LogP contribution in [0, 0.1) is 5.92 Å². The van der Waals surface area contributed by atoms with E-state index in [1.54, 1.807) is 18.2 Å². The standard InChI is InChI=1S/C46H50N4O6/c1-2-38(31-6-4-3-5-7-31)43(32-10-15-35(51)16-11-32)33-12-19-37(20-13-33)56-36-17-8-30(9-18-36)29-48-24-26-49(27-25-48)34-14-21-39-40(28-34)46(55)50(45(39)54)41-22-23-42(52)47-44(41)53/h3-7,10-16,19-21,28,30,36,41,46,51,55H,2,8-9,17-18,22-27,29H2,1H3,(H,47,52,53)/b43-38-. The minimum Gasteiger partial charge on any atom is -0.508 e. The normalized spacial score (nSPS) is 23.4. The molecule has 2 unspecified atom stereocenters. The number of nitrogens with one attached hydrogen (secondary N) is 1. The summed E-state index contributed by atoms with van der Waals surface area (Å²) in [5.74, 6) is 0.504. The SMILES string of the molecule is CC/C(=C(\c1ccc(O)cc1)c1ccc(OC2CCC(CN3CCN(c4ccc5c(c4)C(O)N(C4CCC(=O)NC4=O)C5=O)CC3)CC2)cc1)c1ccccc1. The van der Waals surface area contributed by atoms with Crippen molar-refractivity contribution in [3.63, 3.8) is 0 Å². The number of aromatic hydroxyl groups is 1. The lowest BCUT2D eigenvalue weighted by Gasteiger charge is -2.39. The number of carbonyl (C=O) groups is 3. The van der Waals surface area contributed by atoms with Crippen LogP contribution in [0.5, 0.6) is 11.5 Å². The number of piperidine rings is 1. The molecule has 3 amide bonds. The van der Waals surface area contributed by atoms with Crippen LogP contribution >= 0.6 is 0 Å². The van der Waals surface area contributed by atoms with Crippen LogP contribution in [0.4, 0.5) is 5.69 Å². The summed E-state index contributed by atoms with van der Waals surface area (Å²) in [5, 5.41) is 23.4. The maximum Gasteiger partial charge on any atom is 0.257 e. The molecule has 0 radical (unpaired) electrons. The molecule has 3 aliphatic heterocycles. The predicted molar refractivity (Wildman–Crippen MR) is 216 cm³/mol. The highest BCUT2D eigenvalue weighted by atomic mass is 16.5. The predicted octanol–water partition coefficient (Wildman–Crippen LogP) is 6.77. The quantitative estimate of drug-likeness (QED) is 0.120. The lowest BCUT2D eigenvalue weighted by molar-refractivity contribution is -0.139. The Balaban J connectivity index is 0.832. The van der Waals surface area contributed by atoms with Crippen molar-refractivity contribution >= 4 is 34.6 Å². The Bertz CT molecular complexity index is 2080. The third kappa shape index (κ3) is 7.81. The zero-order valence-electron chi connectivity index (χ0n) is 31.9. The zero-order chi connectivity index (χ0) is 38.8. The molecular formula is C46H50N4O6. The van der Waals surface area contributed by atoms with Crippen molar-refractivity contribution in [3.05, 3.63) is 125 Å². The second-order valence-corrected chi connectivity index (χ2v) is 15.5. The van der Waals surface area contributed by atoms with Gasteiger partial charge in [0.15, 0.2) is 6.23 Å². The smallest absolute Gasteiger partial charge is 0.257 e. The number of aliphatic hydroxyl groups is 1. The molecular weight excluding hydrogens is 705 g/mol. The van der Waals surface area contributed by atoms with Crippen LogP contribution in [0.15, 0.2) is 97.1 Å². The van der Waals surface area contributed by atoms with Crippen molar-refractivity contribution in [3.8, 4) is 11.5 Å². The van der Waals surface area contributed by atoms with Crippen LogP contribution in [0.25, 0.3) is 11.1 Å². The summed E-state index contributed by atoms with van der Waals surface area (Å²) in [6.45, 7) is 6.83. The summed E-state index contributed by atoms with van der Waals surface area (Å²) in [5.41, 5.74) is 7.67. The summed E-state index contributed by atoms with van der Waals surface area (Å²) in [4.78, 5) is 43.4. The molecule has 0 bridgehead atoms. The fraction of sp³-hybridized carbons (Fsp3) is 0.370. The van der Waals surface area contributed by atoms with Gasteiger partial charge in [0.1, 0.15) is 17.5 Å². The molecule has 10 heteroatoms. The molecule has 2 saturated heterocycles. The van der Waals surface area contributed by atoms with Crippen LogP contribution in [0.3, 0.4) is 0 Å². The van der Waals surface area contributed by atoms with Crippen LogP contribution < -0.4 is 15.0 Å². The van der Waals surface area contributed by atoms with Gasteiger partial charge in [-0.2, -0.15) is 0 Å². The summed E-state index contributed by atoms with van der Waals surface area (Å²) in [6, 6.07) is 31.1. The van der Waals surface area contributed by atoms with E-state index in [1.165, 1.54) is 16.0 Å². The van der Waals surface area contributed by atoms with Gasteiger partial charge in [-0.05, 0) is 115 Å². The van der Waals surface area contributed by atoms with Crippen LogP contribution in [0.2, 0.25) is 0 Å². The van der Waals surface area contributed by atoms with E-state index in [0.717, 1.165) is 93.0 Å². The van der Waals surface area contributed by atoms with Gasteiger partial charge in [-0.15, -0.1) is 0 Å². The first-order chi connectivity index (χ1) is 27.2. The Hall–Kier alpha value is -5.45. The van der Waals surface area contributed by atoms with Gasteiger partial charge in [0.05, 0.1) is 6.10 Å². The molecule has 4 aromatic rings. The number of amides is 3. The summed E-state index contributed by atoms with van der Waals surface area (Å²) in [6.07, 6.45) is 4.53. The first-order valence-electron chi connectivity index (χ1n) is 20.1. The molecule has 3 fully saturated rings. The first kappa shape index (κ1) is 37.5. The molecule has 2 atom stereocenters. The molecule has 8 rings (SSSR count). The van der Waals surface area contributed by atoms with Crippen molar-refractivity contribution in [2.75, 3.05) is 37.6 Å². The third-order valence-corrected chi connectivity index (χ3v) is 12.0. The molecule has 10 nitrogen and oxygen atoms in total. The minimum absolute atomic E-state index is 0.141. The van der Waals surface area contributed by atoms with Gasteiger partial charge >= 0.3 is 0 Å². The molecule has 0 spiro atoms. The number of imide groups is 1. The lowest BCUT2D eigenvalue weighted by Crippen LogP contribution is -2.53. The number of aliphatic hydroxyl groups excluding tert-OH is 1. The molecule has 3 heterocycles. The summed E-state index contributed by atoms with van der Waals surface area (Å²) >= 11 is 0. The second kappa shape index (κ2) is 16.3. The zero-order valence-corrected chi connectivity index (χ0v) is 31.9. The number of fused-ring (bicyclic) bond motifs is 1. The van der Waals surface area contributed by atoms with E-state index in [-0.39, 0.29) is 36.5 Å². The number of phenols is 1. The average Bonchev–Trinajstić information content (AvgIpc) is 3.47. The Labute approximate surface area is 328 Å². The number of piperazine rings is 1. The molecule has 4 aliphatic rings. The monoisotopic (exact) mass is 754 g/mol. The number of allylic oxidation sites excluding steroid dienone is 1. The van der Waals surface area contributed by atoms with Crippen molar-refractivity contribution in [2.24, 2.45) is 5.92 Å². The van der Waals surface area contributed by atoms with Crippen molar-refractivity contribution in [1.29, 1.82) is 0 Å². The number of ether oxygens (including phenoxy) is 1. The summed E-state index contributed by atoms with van der Waals surface area (Å²) < 4.78 is 6.54. The van der Waals surface area contributed by atoms with Crippen LogP contribution in [-0.4, -0.2) is 82.6 Å². The van der Waals surface area contributed by atoms with Crippen molar-refractivity contribution in [2.45, 2.75) is 70.2 Å². The average molecular weight is 755 g/mol. The molecule has 1 aliphatic carbocycles. The Morgan fingerprint density at radius 3 is 2.12 bits per heavy atom. The molecule has 0 aromatic heterocycles. The van der Waals surface area contributed by atoms with E-state index in [9.17, 15) is 24.6 Å². The Morgan fingerprint density at radius 1 is 0.786 bits per heavy atom. The number of nitrogens with zero attached hydrogens (tertiary/aromatic N) is 3. The molecule has 56 heavy (non-hydrogen) atoms. The second-order valence-electron chi connectivity index (χ2n) is 15.5. The molecule has 4 aromatic carbocycles. The van der Waals surface area contributed by atoms with E-state index in [1.807, 2.05) is 30.3 Å². The van der Waals surface area contributed by atoms with Gasteiger partial charge in [-0.25, -0.2) is 0 Å². The number of carbonyl (C=O) groups excluding carboxylic acids is 3. The van der Waals surface area contributed by atoms with Crippen molar-refractivity contribution in [1.82, 2.24) is 15.1 Å². The third-order valence-electron chi connectivity index (χ3n) is 12.0. The number of benzene rings is 4. The lowest BCUT2D eigenvalue weighted by atomic mass is 9.86. The minimum atomic E-state index is -1.22.